The molecule has 0 saturated carbocycles. The monoisotopic (exact) mass is 279 g/mol. The molecule has 110 valence electrons. The second kappa shape index (κ2) is 6.91. The molecule has 6 heteroatoms. The van der Waals surface area contributed by atoms with E-state index in [0.29, 0.717) is 11.3 Å². The summed E-state index contributed by atoms with van der Waals surface area (Å²) in [5.74, 6) is 0.0917. The Bertz CT molecular complexity index is 493. The third-order valence-corrected chi connectivity index (χ3v) is 2.42. The van der Waals surface area contributed by atoms with Gasteiger partial charge in [-0.1, -0.05) is 6.07 Å². The predicted molar refractivity (Wildman–Crippen MR) is 78.2 cm³/mol. The van der Waals surface area contributed by atoms with Crippen molar-refractivity contribution < 1.29 is 14.6 Å². The molecule has 3 N–H and O–H groups in total. The number of carbonyl (C=O) groups is 1. The van der Waals surface area contributed by atoms with Gasteiger partial charge in [0, 0.05) is 11.1 Å². The van der Waals surface area contributed by atoms with Crippen LogP contribution in [0.2, 0.25) is 0 Å². The molecular weight excluding hydrogens is 258 g/mol. The number of benzene rings is 1. The van der Waals surface area contributed by atoms with Crippen LogP contribution in [0.5, 0.6) is 11.5 Å². The zero-order chi connectivity index (χ0) is 15.2. The molecule has 0 radical (unpaired) electrons. The number of para-hydroxylation sites is 1. The quantitative estimate of drug-likeness (QED) is 0.559. The Morgan fingerprint density at radius 1 is 1.45 bits per heavy atom. The lowest BCUT2D eigenvalue weighted by Crippen LogP contribution is -2.42. The van der Waals surface area contributed by atoms with Gasteiger partial charge in [-0.05, 0) is 32.9 Å². The first-order valence-corrected chi connectivity index (χ1v) is 6.26. The van der Waals surface area contributed by atoms with Gasteiger partial charge in [0.05, 0.1) is 19.9 Å². The van der Waals surface area contributed by atoms with E-state index < -0.39 is 0 Å². The number of carbonyl (C=O) groups excluding carboxylic acids is 1. The van der Waals surface area contributed by atoms with Gasteiger partial charge in [-0.2, -0.15) is 5.10 Å². The van der Waals surface area contributed by atoms with Crippen molar-refractivity contribution in [3.8, 4) is 11.5 Å². The van der Waals surface area contributed by atoms with E-state index >= 15 is 0 Å². The third kappa shape index (κ3) is 5.27. The summed E-state index contributed by atoms with van der Waals surface area (Å²) >= 11 is 0. The molecule has 0 saturated heterocycles. The number of nitrogens with one attached hydrogen (secondary N) is 2. The molecule has 6 nitrogen and oxygen atoms in total. The molecule has 0 atom stereocenters. The minimum Gasteiger partial charge on any atom is -0.504 e. The number of hydrogen-bond donors (Lipinski definition) is 3. The molecule has 0 unspecified atom stereocenters. The van der Waals surface area contributed by atoms with Crippen molar-refractivity contribution >= 4 is 12.1 Å². The van der Waals surface area contributed by atoms with Crippen LogP contribution in [0.15, 0.2) is 23.3 Å². The van der Waals surface area contributed by atoms with Crippen molar-refractivity contribution in [2.45, 2.75) is 26.3 Å². The van der Waals surface area contributed by atoms with Crippen LogP contribution in [0.4, 0.5) is 0 Å². The fourth-order valence-corrected chi connectivity index (χ4v) is 1.37. The number of amides is 1. The molecule has 0 aliphatic rings. The molecule has 0 fully saturated rings. The number of aromatic hydroxyl groups is 1. The standard InChI is InChI=1S/C14H21N3O3/c1-14(2,3)15-9-12(18)17-16-8-10-6-5-7-11(20-4)13(10)19/h5-8,15,19H,9H2,1-4H3,(H,17,18). The highest BCUT2D eigenvalue weighted by Crippen LogP contribution is 2.27. The largest absolute Gasteiger partial charge is 0.504 e. The number of methoxy groups -OCH3 is 1. The van der Waals surface area contributed by atoms with Crippen LogP contribution in [0.25, 0.3) is 0 Å². The number of phenolic OH excluding ortho intramolecular Hbond substituents is 1. The van der Waals surface area contributed by atoms with E-state index in [-0.39, 0.29) is 23.7 Å². The van der Waals surface area contributed by atoms with Gasteiger partial charge < -0.3 is 15.2 Å². The van der Waals surface area contributed by atoms with Gasteiger partial charge in [-0.3, -0.25) is 4.79 Å². The lowest BCUT2D eigenvalue weighted by Gasteiger charge is -2.19. The molecule has 0 bridgehead atoms. The lowest BCUT2D eigenvalue weighted by molar-refractivity contribution is -0.120. The molecule has 20 heavy (non-hydrogen) atoms. The molecule has 0 aromatic heterocycles. The molecule has 1 aromatic rings. The maximum absolute atomic E-state index is 11.5. The smallest absolute Gasteiger partial charge is 0.254 e. The minimum atomic E-state index is -0.251. The maximum atomic E-state index is 11.5. The van der Waals surface area contributed by atoms with E-state index in [2.05, 4.69) is 15.8 Å². The fraction of sp³-hybridized carbons (Fsp3) is 0.429. The van der Waals surface area contributed by atoms with Gasteiger partial charge in [0.2, 0.25) is 0 Å². The average Bonchev–Trinajstić information content (AvgIpc) is 2.37. The van der Waals surface area contributed by atoms with E-state index in [9.17, 15) is 9.90 Å². The topological polar surface area (TPSA) is 83.0 Å². The Hall–Kier alpha value is -2.08. The molecule has 0 heterocycles. The summed E-state index contributed by atoms with van der Waals surface area (Å²) < 4.78 is 4.98. The van der Waals surface area contributed by atoms with Crippen molar-refractivity contribution in [1.82, 2.24) is 10.7 Å². The van der Waals surface area contributed by atoms with Gasteiger partial charge >= 0.3 is 0 Å². The number of rotatable bonds is 5. The van der Waals surface area contributed by atoms with E-state index in [1.165, 1.54) is 13.3 Å². The van der Waals surface area contributed by atoms with Crippen molar-refractivity contribution in [3.05, 3.63) is 23.8 Å². The first-order chi connectivity index (χ1) is 9.33. The summed E-state index contributed by atoms with van der Waals surface area (Å²) in [5.41, 5.74) is 2.72. The highest BCUT2D eigenvalue weighted by molar-refractivity contribution is 5.86. The summed E-state index contributed by atoms with van der Waals surface area (Å²) in [5, 5.41) is 16.7. The van der Waals surface area contributed by atoms with E-state index in [1.54, 1.807) is 18.2 Å². The van der Waals surface area contributed by atoms with Gasteiger partial charge in [0.25, 0.3) is 5.91 Å². The van der Waals surface area contributed by atoms with Gasteiger partial charge in [0.15, 0.2) is 11.5 Å². The molecule has 1 aromatic carbocycles. The number of ether oxygens (including phenoxy) is 1. The summed E-state index contributed by atoms with van der Waals surface area (Å²) in [4.78, 5) is 11.5. The molecule has 1 amide bonds. The summed E-state index contributed by atoms with van der Waals surface area (Å²) in [6.07, 6.45) is 1.37. The zero-order valence-electron chi connectivity index (χ0n) is 12.2. The molecular formula is C14H21N3O3. The van der Waals surface area contributed by atoms with E-state index in [1.807, 2.05) is 20.8 Å². The Kier molecular flexibility index (Phi) is 5.52. The van der Waals surface area contributed by atoms with Gasteiger partial charge in [-0.15, -0.1) is 0 Å². The van der Waals surface area contributed by atoms with Crippen molar-refractivity contribution in [2.75, 3.05) is 13.7 Å². The van der Waals surface area contributed by atoms with Gasteiger partial charge in [-0.25, -0.2) is 5.43 Å². The highest BCUT2D eigenvalue weighted by atomic mass is 16.5. The Morgan fingerprint density at radius 3 is 2.75 bits per heavy atom. The molecule has 1 rings (SSSR count). The summed E-state index contributed by atoms with van der Waals surface area (Å²) in [7, 11) is 1.47. The number of hydrogen-bond acceptors (Lipinski definition) is 5. The second-order valence-electron chi connectivity index (χ2n) is 5.29. The maximum Gasteiger partial charge on any atom is 0.254 e. The first kappa shape index (κ1) is 16.0. The van der Waals surface area contributed by atoms with Crippen molar-refractivity contribution in [2.24, 2.45) is 5.10 Å². The number of phenols is 1. The van der Waals surface area contributed by atoms with Crippen LogP contribution in [0.3, 0.4) is 0 Å². The van der Waals surface area contributed by atoms with Crippen LogP contribution in [-0.4, -0.2) is 36.4 Å². The fourth-order valence-electron chi connectivity index (χ4n) is 1.37. The number of hydrazone groups is 1. The van der Waals surface area contributed by atoms with E-state index in [4.69, 9.17) is 4.74 Å². The number of nitrogens with zero attached hydrogens (tertiary/aromatic N) is 1. The highest BCUT2D eigenvalue weighted by Gasteiger charge is 2.10. The molecule has 0 aliphatic heterocycles. The Morgan fingerprint density at radius 2 is 2.15 bits per heavy atom. The Labute approximate surface area is 118 Å². The SMILES string of the molecule is COc1cccc(C=NNC(=O)CNC(C)(C)C)c1O. The summed E-state index contributed by atoms with van der Waals surface area (Å²) in [6, 6.07) is 5.03. The molecule has 0 aliphatic carbocycles. The van der Waals surface area contributed by atoms with Gasteiger partial charge in [0.1, 0.15) is 0 Å². The minimum absolute atomic E-state index is 0.0131. The van der Waals surface area contributed by atoms with Crippen LogP contribution in [0.1, 0.15) is 26.3 Å². The third-order valence-electron chi connectivity index (χ3n) is 2.42. The van der Waals surface area contributed by atoms with Crippen LogP contribution in [-0.2, 0) is 4.79 Å². The predicted octanol–water partition coefficient (Wildman–Crippen LogP) is 1.24. The van der Waals surface area contributed by atoms with E-state index in [0.717, 1.165) is 0 Å². The van der Waals surface area contributed by atoms with Crippen LogP contribution < -0.4 is 15.5 Å². The zero-order valence-corrected chi connectivity index (χ0v) is 12.2. The van der Waals surface area contributed by atoms with Crippen LogP contribution in [0, 0.1) is 0 Å². The van der Waals surface area contributed by atoms with Crippen LogP contribution >= 0.6 is 0 Å². The lowest BCUT2D eigenvalue weighted by atomic mass is 10.1. The average molecular weight is 279 g/mol. The normalized spacial score (nSPS) is 11.6. The van der Waals surface area contributed by atoms with Crippen molar-refractivity contribution in [1.29, 1.82) is 0 Å². The molecule has 0 spiro atoms. The summed E-state index contributed by atoms with van der Waals surface area (Å²) in [6.45, 7) is 6.08. The Balaban J connectivity index is 2.55. The first-order valence-electron chi connectivity index (χ1n) is 6.26. The van der Waals surface area contributed by atoms with Crippen molar-refractivity contribution in [3.63, 3.8) is 0 Å². The second-order valence-corrected chi connectivity index (χ2v) is 5.29.